The summed E-state index contributed by atoms with van der Waals surface area (Å²) in [5.41, 5.74) is 0. The van der Waals surface area contributed by atoms with Crippen molar-refractivity contribution in [3.8, 4) is 0 Å². The number of halogens is 7. The molecule has 0 aromatic carbocycles. The summed E-state index contributed by atoms with van der Waals surface area (Å²) >= 11 is 5.70. The van der Waals surface area contributed by atoms with Crippen molar-refractivity contribution in [2.75, 3.05) is 0 Å². The molecule has 0 saturated heterocycles. The molecule has 1 atom stereocenters. The second-order valence-electron chi connectivity index (χ2n) is 3.11. The molecule has 0 aliphatic heterocycles. The molecule has 2 nitrogen and oxygen atoms in total. The number of hydrogen-bond donors (Lipinski definition) is 0. The van der Waals surface area contributed by atoms with Gasteiger partial charge in [0.1, 0.15) is 10.0 Å². The third kappa shape index (κ3) is 3.44. The Labute approximate surface area is 101 Å². The molecular formula is C7H5ClF6N2S. The van der Waals surface area contributed by atoms with E-state index in [4.69, 9.17) is 11.6 Å². The Hall–Kier alpha value is -0.570. The van der Waals surface area contributed by atoms with Gasteiger partial charge in [0.15, 0.2) is 0 Å². The lowest BCUT2D eigenvalue weighted by Gasteiger charge is -2.20. The van der Waals surface area contributed by atoms with Crippen molar-refractivity contribution in [3.63, 3.8) is 0 Å². The van der Waals surface area contributed by atoms with Crippen molar-refractivity contribution < 1.29 is 26.3 Å². The van der Waals surface area contributed by atoms with Gasteiger partial charge in [-0.15, -0.1) is 21.8 Å². The molecule has 1 aromatic rings. The first kappa shape index (κ1) is 14.5. The van der Waals surface area contributed by atoms with E-state index >= 15 is 0 Å². The summed E-state index contributed by atoms with van der Waals surface area (Å²) in [4.78, 5) is 0. The van der Waals surface area contributed by atoms with Crippen LogP contribution < -0.4 is 0 Å². The zero-order valence-electron chi connectivity index (χ0n) is 8.10. The normalized spacial score (nSPS) is 15.4. The Morgan fingerprint density at radius 1 is 1.00 bits per heavy atom. The van der Waals surface area contributed by atoms with Gasteiger partial charge in [0.25, 0.3) is 0 Å². The van der Waals surface area contributed by atoms with Crippen LogP contribution in [-0.2, 0) is 0 Å². The summed E-state index contributed by atoms with van der Waals surface area (Å²) in [6, 6.07) is 0. The Kier molecular flexibility index (Phi) is 3.92. The van der Waals surface area contributed by atoms with Crippen molar-refractivity contribution in [3.05, 3.63) is 10.0 Å². The van der Waals surface area contributed by atoms with Crippen LogP contribution >= 0.6 is 22.9 Å². The molecule has 0 bridgehead atoms. The number of hydrogen-bond acceptors (Lipinski definition) is 3. The lowest BCUT2D eigenvalue weighted by atomic mass is 10.1. The lowest BCUT2D eigenvalue weighted by Crippen LogP contribution is -2.34. The van der Waals surface area contributed by atoms with E-state index in [1.165, 1.54) is 6.92 Å². The second-order valence-corrected chi connectivity index (χ2v) is 4.81. The van der Waals surface area contributed by atoms with Crippen molar-refractivity contribution in [1.29, 1.82) is 0 Å². The minimum Gasteiger partial charge on any atom is -0.170 e. The van der Waals surface area contributed by atoms with Gasteiger partial charge in [0.2, 0.25) is 5.92 Å². The summed E-state index contributed by atoms with van der Waals surface area (Å²) in [7, 11) is 0. The molecule has 0 aliphatic rings. The zero-order valence-corrected chi connectivity index (χ0v) is 9.68. The third-order valence-corrected chi connectivity index (χ3v) is 3.21. The smallest absolute Gasteiger partial charge is 0.170 e. The fraction of sp³-hybridized carbons (Fsp3) is 0.714. The van der Waals surface area contributed by atoms with Crippen LogP contribution in [0.2, 0.25) is 0 Å². The average molecular weight is 299 g/mol. The summed E-state index contributed by atoms with van der Waals surface area (Å²) in [6.45, 7) is 1.38. The van der Waals surface area contributed by atoms with Gasteiger partial charge < -0.3 is 0 Å². The number of nitrogens with zero attached hydrogens (tertiary/aromatic N) is 2. The first-order valence-corrected chi connectivity index (χ1v) is 5.39. The van der Waals surface area contributed by atoms with Gasteiger partial charge >= 0.3 is 12.4 Å². The molecule has 17 heavy (non-hydrogen) atoms. The number of alkyl halides is 7. The molecular weight excluding hydrogens is 294 g/mol. The lowest BCUT2D eigenvalue weighted by molar-refractivity contribution is -0.253. The summed E-state index contributed by atoms with van der Waals surface area (Å²) in [6.07, 6.45) is -10.9. The highest BCUT2D eigenvalue weighted by Gasteiger charge is 2.59. The maximum absolute atomic E-state index is 12.3. The van der Waals surface area contributed by atoms with Crippen molar-refractivity contribution >= 4 is 22.9 Å². The molecule has 1 rings (SSSR count). The van der Waals surface area contributed by atoms with Crippen LogP contribution in [0.1, 0.15) is 28.2 Å². The van der Waals surface area contributed by atoms with E-state index in [-0.39, 0.29) is 16.3 Å². The number of aromatic nitrogens is 2. The van der Waals surface area contributed by atoms with E-state index in [1.54, 1.807) is 0 Å². The molecule has 98 valence electrons. The molecule has 0 N–H and O–H groups in total. The molecule has 0 saturated carbocycles. The molecule has 1 unspecified atom stereocenters. The van der Waals surface area contributed by atoms with E-state index in [0.29, 0.717) is 0 Å². The average Bonchev–Trinajstić information content (AvgIpc) is 2.46. The Morgan fingerprint density at radius 2 is 1.41 bits per heavy atom. The highest BCUT2D eigenvalue weighted by atomic mass is 35.5. The van der Waals surface area contributed by atoms with Crippen LogP contribution in [0.15, 0.2) is 0 Å². The van der Waals surface area contributed by atoms with Crippen LogP contribution in [0.5, 0.6) is 0 Å². The van der Waals surface area contributed by atoms with E-state index in [1.807, 2.05) is 0 Å². The summed E-state index contributed by atoms with van der Waals surface area (Å²) in [5, 5.41) is 4.10. The third-order valence-electron chi connectivity index (χ3n) is 1.70. The standard InChI is InChI=1S/C7H5ClF6N2S/c1-2(8)4-15-16-5(17-4)3(6(9,10)11)7(12,13)14/h2-3H,1H3. The van der Waals surface area contributed by atoms with Gasteiger partial charge in [-0.3, -0.25) is 0 Å². The van der Waals surface area contributed by atoms with Gasteiger partial charge in [-0.1, -0.05) is 11.3 Å². The maximum Gasteiger partial charge on any atom is 0.406 e. The predicted molar refractivity (Wildman–Crippen MR) is 49.0 cm³/mol. The first-order valence-electron chi connectivity index (χ1n) is 4.14. The van der Waals surface area contributed by atoms with Crippen LogP contribution in [0.3, 0.4) is 0 Å². The van der Waals surface area contributed by atoms with E-state index < -0.39 is 28.7 Å². The van der Waals surface area contributed by atoms with E-state index in [0.717, 1.165) is 0 Å². The maximum atomic E-state index is 12.3. The molecule has 0 radical (unpaired) electrons. The molecule has 0 aliphatic carbocycles. The number of rotatable bonds is 2. The quantitative estimate of drug-likeness (QED) is 0.608. The molecule has 1 heterocycles. The minimum atomic E-state index is -5.45. The van der Waals surface area contributed by atoms with Crippen LogP contribution in [-0.4, -0.2) is 22.5 Å². The largest absolute Gasteiger partial charge is 0.406 e. The molecule has 10 heteroatoms. The Balaban J connectivity index is 3.15. The predicted octanol–water partition coefficient (Wildman–Crippen LogP) is 4.05. The van der Waals surface area contributed by atoms with E-state index in [2.05, 4.69) is 10.2 Å². The highest BCUT2D eigenvalue weighted by molar-refractivity contribution is 7.11. The second kappa shape index (κ2) is 4.60. The fourth-order valence-electron chi connectivity index (χ4n) is 0.990. The summed E-state index contributed by atoms with van der Waals surface area (Å²) in [5.74, 6) is -3.61. The first-order chi connectivity index (χ1) is 7.53. The SMILES string of the molecule is CC(Cl)c1nnc(C(C(F)(F)F)C(F)(F)F)s1. The van der Waals surface area contributed by atoms with Crippen LogP contribution in [0.25, 0.3) is 0 Å². The fourth-order valence-corrected chi connectivity index (χ4v) is 2.09. The van der Waals surface area contributed by atoms with Gasteiger partial charge in [0, 0.05) is 0 Å². The van der Waals surface area contributed by atoms with E-state index in [9.17, 15) is 26.3 Å². The van der Waals surface area contributed by atoms with Gasteiger partial charge in [-0.05, 0) is 6.92 Å². The molecule has 0 fully saturated rings. The Morgan fingerprint density at radius 3 is 1.71 bits per heavy atom. The van der Waals surface area contributed by atoms with Gasteiger partial charge in [-0.2, -0.15) is 26.3 Å². The monoisotopic (exact) mass is 298 g/mol. The molecule has 0 spiro atoms. The van der Waals surface area contributed by atoms with Crippen molar-refractivity contribution in [2.24, 2.45) is 0 Å². The Bertz CT molecular complexity index is 370. The molecule has 1 aromatic heterocycles. The van der Waals surface area contributed by atoms with Crippen LogP contribution in [0, 0.1) is 0 Å². The molecule has 0 amide bonds. The van der Waals surface area contributed by atoms with Crippen molar-refractivity contribution in [1.82, 2.24) is 10.2 Å². The summed E-state index contributed by atoms with van der Waals surface area (Å²) < 4.78 is 73.8. The topological polar surface area (TPSA) is 25.8 Å². The van der Waals surface area contributed by atoms with Crippen molar-refractivity contribution in [2.45, 2.75) is 30.6 Å². The van der Waals surface area contributed by atoms with Gasteiger partial charge in [-0.25, -0.2) is 0 Å². The highest BCUT2D eigenvalue weighted by Crippen LogP contribution is 2.47. The van der Waals surface area contributed by atoms with Crippen LogP contribution in [0.4, 0.5) is 26.3 Å². The zero-order chi connectivity index (χ0) is 13.4. The minimum absolute atomic E-state index is 0.0832. The van der Waals surface area contributed by atoms with Gasteiger partial charge in [0.05, 0.1) is 5.38 Å².